The molecule has 0 bridgehead atoms. The van der Waals surface area contributed by atoms with E-state index < -0.39 is 10.0 Å². The van der Waals surface area contributed by atoms with Crippen molar-refractivity contribution >= 4 is 32.7 Å². The highest BCUT2D eigenvalue weighted by atomic mass is 32.2. The van der Waals surface area contributed by atoms with Gasteiger partial charge in [0.05, 0.1) is 27.7 Å². The van der Waals surface area contributed by atoms with Crippen molar-refractivity contribution in [2.24, 2.45) is 0 Å². The number of aryl methyl sites for hydroxylation is 1. The number of aromatic nitrogens is 2. The van der Waals surface area contributed by atoms with Crippen molar-refractivity contribution in [1.29, 1.82) is 0 Å². The highest BCUT2D eigenvalue weighted by molar-refractivity contribution is 7.90. The van der Waals surface area contributed by atoms with E-state index in [1.54, 1.807) is 60.8 Å². The van der Waals surface area contributed by atoms with Gasteiger partial charge in [-0.15, -0.1) is 0 Å². The maximum atomic E-state index is 13.1. The predicted octanol–water partition coefficient (Wildman–Crippen LogP) is 3.35. The van der Waals surface area contributed by atoms with Gasteiger partial charge in [0.2, 0.25) is 0 Å². The Labute approximate surface area is 209 Å². The molecule has 5 rings (SSSR count). The molecule has 3 aromatic carbocycles. The molecule has 4 aromatic rings. The van der Waals surface area contributed by atoms with Gasteiger partial charge in [0, 0.05) is 18.0 Å². The zero-order valence-corrected chi connectivity index (χ0v) is 21.1. The van der Waals surface area contributed by atoms with Crippen LogP contribution in [-0.2, 0) is 16.4 Å². The molecule has 8 nitrogen and oxygen atoms in total. The topological polar surface area (TPSA) is 92.6 Å². The van der Waals surface area contributed by atoms with Gasteiger partial charge in [-0.1, -0.05) is 35.9 Å². The molecule has 2 amide bonds. The molecule has 1 aromatic heterocycles. The van der Waals surface area contributed by atoms with Crippen LogP contribution >= 0.6 is 0 Å². The van der Waals surface area contributed by atoms with Crippen molar-refractivity contribution in [2.45, 2.75) is 24.3 Å². The minimum atomic E-state index is -3.83. The van der Waals surface area contributed by atoms with Crippen LogP contribution in [0, 0.1) is 6.92 Å². The third kappa shape index (κ3) is 4.10. The Hall–Kier alpha value is -3.82. The number of rotatable bonds is 7. The highest BCUT2D eigenvalue weighted by Gasteiger charge is 2.36. The standard InChI is InChI=1S/C27H26N4O4S/c1-18-8-11-22(12-9-18)36(34,35)31-25-13-10-19(14-20(25)16-28-31)15-21(29(2)3)17-30-26(32)23-6-4-5-7-24(23)27(30)33/h4-14,16,21H,15,17H2,1-3H3/t21-/m0/s1. The Bertz CT molecular complexity index is 1550. The number of hydrogen-bond donors (Lipinski definition) is 0. The number of likely N-dealkylation sites (N-methyl/N-ethyl adjacent to an activating group) is 1. The summed E-state index contributed by atoms with van der Waals surface area (Å²) in [7, 11) is -0.00634. The molecule has 0 unspecified atom stereocenters. The fourth-order valence-corrected chi connectivity index (χ4v) is 5.76. The molecule has 0 fully saturated rings. The summed E-state index contributed by atoms with van der Waals surface area (Å²) in [4.78, 5) is 29.2. The smallest absolute Gasteiger partial charge is 0.283 e. The normalized spacial score (nSPS) is 14.6. The fraction of sp³-hybridized carbons (Fsp3) is 0.222. The first-order valence-electron chi connectivity index (χ1n) is 11.6. The quantitative estimate of drug-likeness (QED) is 0.360. The van der Waals surface area contributed by atoms with Gasteiger partial charge in [-0.25, -0.2) is 0 Å². The zero-order valence-electron chi connectivity index (χ0n) is 20.2. The van der Waals surface area contributed by atoms with E-state index in [0.29, 0.717) is 28.5 Å². The average molecular weight is 503 g/mol. The van der Waals surface area contributed by atoms with Crippen LogP contribution in [0.2, 0.25) is 0 Å². The van der Waals surface area contributed by atoms with Crippen molar-refractivity contribution in [1.82, 2.24) is 19.0 Å². The molecule has 0 saturated heterocycles. The summed E-state index contributed by atoms with van der Waals surface area (Å²) in [5.74, 6) is -0.555. The molecule has 0 spiro atoms. The molecule has 0 saturated carbocycles. The van der Waals surface area contributed by atoms with E-state index in [2.05, 4.69) is 5.10 Å². The van der Waals surface area contributed by atoms with Crippen molar-refractivity contribution in [2.75, 3.05) is 20.6 Å². The van der Waals surface area contributed by atoms with Gasteiger partial charge in [0.25, 0.3) is 21.8 Å². The Morgan fingerprint density at radius 2 is 1.56 bits per heavy atom. The molecule has 0 radical (unpaired) electrons. The van der Waals surface area contributed by atoms with Crippen molar-refractivity contribution < 1.29 is 18.0 Å². The number of imide groups is 1. The molecular formula is C27H26N4O4S. The highest BCUT2D eigenvalue weighted by Crippen LogP contribution is 2.25. The van der Waals surface area contributed by atoms with Gasteiger partial charge in [0.15, 0.2) is 0 Å². The lowest BCUT2D eigenvalue weighted by molar-refractivity contribution is 0.0612. The summed E-state index contributed by atoms with van der Waals surface area (Å²) < 4.78 is 27.3. The first-order chi connectivity index (χ1) is 17.2. The number of amides is 2. The van der Waals surface area contributed by atoms with Crippen LogP contribution in [0.3, 0.4) is 0 Å². The lowest BCUT2D eigenvalue weighted by atomic mass is 10.0. The van der Waals surface area contributed by atoms with Crippen LogP contribution in [0.1, 0.15) is 31.8 Å². The maximum Gasteiger partial charge on any atom is 0.283 e. The predicted molar refractivity (Wildman–Crippen MR) is 136 cm³/mol. The molecule has 9 heteroatoms. The molecule has 1 atom stereocenters. The molecule has 2 heterocycles. The third-order valence-electron chi connectivity index (χ3n) is 6.62. The molecule has 0 N–H and O–H groups in total. The Morgan fingerprint density at radius 1 is 0.917 bits per heavy atom. The van der Waals surface area contributed by atoms with Crippen molar-refractivity contribution in [3.63, 3.8) is 0 Å². The summed E-state index contributed by atoms with van der Waals surface area (Å²) in [6, 6.07) is 18.9. The van der Waals surface area contributed by atoms with Crippen LogP contribution in [0.25, 0.3) is 10.9 Å². The number of carbonyl (C=O) groups excluding carboxylic acids is 2. The monoisotopic (exact) mass is 502 g/mol. The second-order valence-corrected chi connectivity index (χ2v) is 11.1. The van der Waals surface area contributed by atoms with Crippen LogP contribution in [0.15, 0.2) is 77.8 Å². The minimum Gasteiger partial charge on any atom is -0.304 e. The molecule has 1 aliphatic rings. The molecule has 1 aliphatic heterocycles. The number of hydrogen-bond acceptors (Lipinski definition) is 6. The average Bonchev–Trinajstić information content (AvgIpc) is 3.39. The largest absolute Gasteiger partial charge is 0.304 e. The van der Waals surface area contributed by atoms with Gasteiger partial charge in [-0.2, -0.15) is 17.6 Å². The van der Waals surface area contributed by atoms with Gasteiger partial charge in [-0.3, -0.25) is 14.5 Å². The first-order valence-corrected chi connectivity index (χ1v) is 13.0. The van der Waals surface area contributed by atoms with Crippen molar-refractivity contribution in [3.05, 3.63) is 95.2 Å². The van der Waals surface area contributed by atoms with E-state index in [4.69, 9.17) is 0 Å². The van der Waals surface area contributed by atoms with Gasteiger partial charge >= 0.3 is 0 Å². The summed E-state index contributed by atoms with van der Waals surface area (Å²) in [6.07, 6.45) is 2.10. The summed E-state index contributed by atoms with van der Waals surface area (Å²) >= 11 is 0. The summed E-state index contributed by atoms with van der Waals surface area (Å²) in [5, 5.41) is 4.86. The lowest BCUT2D eigenvalue weighted by Gasteiger charge is -2.28. The second-order valence-electron chi connectivity index (χ2n) is 9.29. The van der Waals surface area contributed by atoms with Crippen LogP contribution in [0.5, 0.6) is 0 Å². The number of carbonyl (C=O) groups is 2. The van der Waals surface area contributed by atoms with E-state index in [1.807, 2.05) is 38.1 Å². The van der Waals surface area contributed by atoms with Crippen molar-refractivity contribution in [3.8, 4) is 0 Å². The van der Waals surface area contributed by atoms with E-state index >= 15 is 0 Å². The molecule has 36 heavy (non-hydrogen) atoms. The van der Waals surface area contributed by atoms with Gasteiger partial charge in [-0.05, 0) is 69.4 Å². The fourth-order valence-electron chi connectivity index (χ4n) is 4.49. The van der Waals surface area contributed by atoms with E-state index in [0.717, 1.165) is 15.2 Å². The number of benzene rings is 3. The summed E-state index contributed by atoms with van der Waals surface area (Å²) in [5.41, 5.74) is 3.28. The molecule has 184 valence electrons. The SMILES string of the molecule is Cc1ccc(S(=O)(=O)n2ncc3cc(C[C@@H](CN4C(=O)c5ccccc5C4=O)N(C)C)ccc32)cc1. The first kappa shape index (κ1) is 23.9. The van der Waals surface area contributed by atoms with Gasteiger partial charge in [0.1, 0.15) is 0 Å². The van der Waals surface area contributed by atoms with Crippen LogP contribution < -0.4 is 0 Å². The Kier molecular flexibility index (Phi) is 5.97. The van der Waals surface area contributed by atoms with E-state index in [1.165, 1.54) is 4.90 Å². The molecular weight excluding hydrogens is 476 g/mol. The Balaban J connectivity index is 1.39. The summed E-state index contributed by atoms with van der Waals surface area (Å²) in [6.45, 7) is 2.15. The number of fused-ring (bicyclic) bond motifs is 2. The molecule has 0 aliphatic carbocycles. The lowest BCUT2D eigenvalue weighted by Crippen LogP contribution is -2.44. The number of nitrogens with zero attached hydrogens (tertiary/aromatic N) is 4. The third-order valence-corrected chi connectivity index (χ3v) is 8.23. The second kappa shape index (κ2) is 9.00. The maximum absolute atomic E-state index is 13.1. The van der Waals surface area contributed by atoms with E-state index in [-0.39, 0.29) is 29.3 Å². The minimum absolute atomic E-state index is 0.129. The van der Waals surface area contributed by atoms with Crippen LogP contribution in [0.4, 0.5) is 0 Å². The van der Waals surface area contributed by atoms with Crippen LogP contribution in [-0.4, -0.2) is 65.9 Å². The van der Waals surface area contributed by atoms with E-state index in [9.17, 15) is 18.0 Å². The zero-order chi connectivity index (χ0) is 25.6. The van der Waals surface area contributed by atoms with Gasteiger partial charge < -0.3 is 4.90 Å². The Morgan fingerprint density at radius 3 is 2.17 bits per heavy atom.